The highest BCUT2D eigenvalue weighted by atomic mass is 16.5. The second-order valence-corrected chi connectivity index (χ2v) is 8.29. The van der Waals surface area contributed by atoms with E-state index in [0.29, 0.717) is 34.9 Å². The monoisotopic (exact) mass is 488 g/mol. The number of hydrogen-bond donors (Lipinski definition) is 0. The summed E-state index contributed by atoms with van der Waals surface area (Å²) >= 11 is 0. The van der Waals surface area contributed by atoms with E-state index in [1.807, 2.05) is 18.2 Å². The molecule has 8 heteroatoms. The van der Waals surface area contributed by atoms with Crippen molar-refractivity contribution in [3.63, 3.8) is 0 Å². The van der Waals surface area contributed by atoms with Crippen molar-refractivity contribution in [2.75, 3.05) is 32.8 Å². The van der Waals surface area contributed by atoms with Crippen molar-refractivity contribution in [1.29, 1.82) is 0 Å². The van der Waals surface area contributed by atoms with E-state index in [0.717, 1.165) is 10.5 Å². The first-order chi connectivity index (χ1) is 17.5. The van der Waals surface area contributed by atoms with Crippen molar-refractivity contribution < 1.29 is 28.6 Å². The van der Waals surface area contributed by atoms with Crippen molar-refractivity contribution in [3.8, 4) is 17.2 Å². The molecular weight excluding hydrogens is 460 g/mol. The van der Waals surface area contributed by atoms with E-state index in [4.69, 9.17) is 14.2 Å². The number of anilines is 1. The summed E-state index contributed by atoms with van der Waals surface area (Å²) in [6.45, 7) is 0.239. The standard InChI is InChI=1S/C28H28N2O6/c1-34-22-12-10-21(11-13-22)30-26(31)18-23(28(30)33)29(27(32)20-7-5-4-6-8-20)16-15-19-9-14-24(35-2)25(17-19)36-3/h4-14,17,23H,15-16,18H2,1-3H3/t23-/m0/s1. The van der Waals surface area contributed by atoms with Crippen LogP contribution >= 0.6 is 0 Å². The van der Waals surface area contributed by atoms with Gasteiger partial charge in [0.1, 0.15) is 11.8 Å². The summed E-state index contributed by atoms with van der Waals surface area (Å²) in [5.41, 5.74) is 1.80. The number of carbonyl (C=O) groups is 3. The van der Waals surface area contributed by atoms with Gasteiger partial charge in [-0.2, -0.15) is 0 Å². The van der Waals surface area contributed by atoms with Crippen LogP contribution in [0.1, 0.15) is 22.3 Å². The van der Waals surface area contributed by atoms with Gasteiger partial charge in [-0.15, -0.1) is 0 Å². The fourth-order valence-electron chi connectivity index (χ4n) is 4.29. The van der Waals surface area contributed by atoms with Crippen molar-refractivity contribution in [1.82, 2.24) is 4.90 Å². The molecule has 8 nitrogen and oxygen atoms in total. The lowest BCUT2D eigenvalue weighted by atomic mass is 10.1. The van der Waals surface area contributed by atoms with Gasteiger partial charge in [-0.1, -0.05) is 24.3 Å². The number of ether oxygens (including phenoxy) is 3. The quantitative estimate of drug-likeness (QED) is 0.427. The normalized spacial score (nSPS) is 15.1. The first-order valence-corrected chi connectivity index (χ1v) is 11.5. The van der Waals surface area contributed by atoms with Crippen molar-refractivity contribution in [2.24, 2.45) is 0 Å². The molecular formula is C28H28N2O6. The molecule has 1 aliphatic heterocycles. The summed E-state index contributed by atoms with van der Waals surface area (Å²) in [6, 6.07) is 20.1. The fraction of sp³-hybridized carbons (Fsp3) is 0.250. The summed E-state index contributed by atoms with van der Waals surface area (Å²) in [4.78, 5) is 42.6. The van der Waals surface area contributed by atoms with Crippen LogP contribution in [0.2, 0.25) is 0 Å². The van der Waals surface area contributed by atoms with Gasteiger partial charge in [-0.3, -0.25) is 14.4 Å². The van der Waals surface area contributed by atoms with Crippen LogP contribution in [0.4, 0.5) is 5.69 Å². The summed E-state index contributed by atoms with van der Waals surface area (Å²) in [5.74, 6) is 0.705. The molecule has 3 amide bonds. The number of benzene rings is 3. The highest BCUT2D eigenvalue weighted by molar-refractivity contribution is 6.23. The fourth-order valence-corrected chi connectivity index (χ4v) is 4.29. The van der Waals surface area contributed by atoms with Gasteiger partial charge in [0, 0.05) is 12.1 Å². The van der Waals surface area contributed by atoms with Crippen LogP contribution < -0.4 is 19.1 Å². The van der Waals surface area contributed by atoms with Crippen molar-refractivity contribution in [2.45, 2.75) is 18.9 Å². The maximum absolute atomic E-state index is 13.5. The molecule has 3 aromatic carbocycles. The lowest BCUT2D eigenvalue weighted by molar-refractivity contribution is -0.122. The van der Waals surface area contributed by atoms with E-state index >= 15 is 0 Å². The maximum atomic E-state index is 13.5. The molecule has 0 saturated carbocycles. The van der Waals surface area contributed by atoms with Gasteiger partial charge >= 0.3 is 0 Å². The number of rotatable bonds is 9. The third kappa shape index (κ3) is 5.02. The summed E-state index contributed by atoms with van der Waals surface area (Å²) in [5, 5.41) is 0. The molecule has 0 bridgehead atoms. The van der Waals surface area contributed by atoms with Crippen LogP contribution in [-0.4, -0.2) is 56.5 Å². The van der Waals surface area contributed by atoms with Crippen LogP contribution in [0.25, 0.3) is 0 Å². The van der Waals surface area contributed by atoms with E-state index in [2.05, 4.69) is 0 Å². The molecule has 0 radical (unpaired) electrons. The van der Waals surface area contributed by atoms with Crippen LogP contribution in [0.3, 0.4) is 0 Å². The summed E-state index contributed by atoms with van der Waals surface area (Å²) in [6.07, 6.45) is 0.370. The molecule has 1 fully saturated rings. The molecule has 186 valence electrons. The molecule has 0 spiro atoms. The molecule has 1 heterocycles. The molecule has 0 aromatic heterocycles. The number of amides is 3. The predicted molar refractivity (Wildman–Crippen MR) is 135 cm³/mol. The number of carbonyl (C=O) groups excluding carboxylic acids is 3. The van der Waals surface area contributed by atoms with E-state index in [-0.39, 0.29) is 24.8 Å². The minimum absolute atomic E-state index is 0.0879. The van der Waals surface area contributed by atoms with Gasteiger partial charge in [0.2, 0.25) is 5.91 Å². The number of hydrogen-bond acceptors (Lipinski definition) is 6. The Kier molecular flexibility index (Phi) is 7.53. The van der Waals surface area contributed by atoms with Crippen LogP contribution in [-0.2, 0) is 16.0 Å². The molecule has 4 rings (SSSR count). The number of nitrogens with zero attached hydrogens (tertiary/aromatic N) is 2. The Bertz CT molecular complexity index is 1240. The Morgan fingerprint density at radius 1 is 0.889 bits per heavy atom. The minimum Gasteiger partial charge on any atom is -0.497 e. The zero-order valence-corrected chi connectivity index (χ0v) is 20.5. The lowest BCUT2D eigenvalue weighted by Crippen LogP contribution is -2.46. The molecule has 36 heavy (non-hydrogen) atoms. The van der Waals surface area contributed by atoms with Gasteiger partial charge in [0.15, 0.2) is 11.5 Å². The molecule has 1 aliphatic rings. The Morgan fingerprint density at radius 2 is 1.58 bits per heavy atom. The maximum Gasteiger partial charge on any atom is 0.257 e. The summed E-state index contributed by atoms with van der Waals surface area (Å²) < 4.78 is 15.9. The predicted octanol–water partition coefficient (Wildman–Crippen LogP) is 3.73. The summed E-state index contributed by atoms with van der Waals surface area (Å²) in [7, 11) is 4.67. The average Bonchev–Trinajstić information content (AvgIpc) is 3.22. The lowest BCUT2D eigenvalue weighted by Gasteiger charge is -2.28. The number of methoxy groups -OCH3 is 3. The Morgan fingerprint density at radius 3 is 2.22 bits per heavy atom. The Labute approximate surface area is 210 Å². The highest BCUT2D eigenvalue weighted by Gasteiger charge is 2.44. The highest BCUT2D eigenvalue weighted by Crippen LogP contribution is 2.30. The second kappa shape index (κ2) is 10.9. The molecule has 0 N–H and O–H groups in total. The Hall–Kier alpha value is -4.33. The van der Waals surface area contributed by atoms with E-state index < -0.39 is 11.9 Å². The zero-order valence-electron chi connectivity index (χ0n) is 20.5. The van der Waals surface area contributed by atoms with Crippen LogP contribution in [0.15, 0.2) is 72.8 Å². The van der Waals surface area contributed by atoms with Gasteiger partial charge in [-0.05, 0) is 60.5 Å². The van der Waals surface area contributed by atoms with Gasteiger partial charge in [0.25, 0.3) is 11.8 Å². The molecule has 0 unspecified atom stereocenters. The second-order valence-electron chi connectivity index (χ2n) is 8.29. The zero-order chi connectivity index (χ0) is 25.7. The number of imide groups is 1. The first-order valence-electron chi connectivity index (χ1n) is 11.5. The van der Waals surface area contributed by atoms with Crippen molar-refractivity contribution >= 4 is 23.4 Å². The molecule has 3 aromatic rings. The smallest absolute Gasteiger partial charge is 0.257 e. The van der Waals surface area contributed by atoms with Crippen molar-refractivity contribution in [3.05, 3.63) is 83.9 Å². The van der Waals surface area contributed by atoms with Crippen LogP contribution in [0.5, 0.6) is 17.2 Å². The molecule has 0 aliphatic carbocycles. The minimum atomic E-state index is -0.910. The SMILES string of the molecule is COc1ccc(N2C(=O)C[C@H](N(CCc3ccc(OC)c(OC)c3)C(=O)c3ccccc3)C2=O)cc1. The Balaban J connectivity index is 1.61. The van der Waals surface area contributed by atoms with E-state index in [1.165, 1.54) is 4.90 Å². The topological polar surface area (TPSA) is 85.4 Å². The van der Waals surface area contributed by atoms with E-state index in [1.54, 1.807) is 75.9 Å². The van der Waals surface area contributed by atoms with Crippen LogP contribution in [0, 0.1) is 0 Å². The third-order valence-corrected chi connectivity index (χ3v) is 6.20. The average molecular weight is 489 g/mol. The first kappa shape index (κ1) is 24.8. The molecule has 1 atom stereocenters. The van der Waals surface area contributed by atoms with Gasteiger partial charge in [-0.25, -0.2) is 4.90 Å². The third-order valence-electron chi connectivity index (χ3n) is 6.20. The molecule has 1 saturated heterocycles. The van der Waals surface area contributed by atoms with E-state index in [9.17, 15) is 14.4 Å². The van der Waals surface area contributed by atoms with Gasteiger partial charge in [0.05, 0.1) is 33.4 Å². The van der Waals surface area contributed by atoms with Gasteiger partial charge < -0.3 is 19.1 Å². The largest absolute Gasteiger partial charge is 0.497 e.